The summed E-state index contributed by atoms with van der Waals surface area (Å²) in [5.41, 5.74) is 0. The van der Waals surface area contributed by atoms with Crippen molar-refractivity contribution in [2.24, 2.45) is 0 Å². The molecule has 12 heteroatoms. The van der Waals surface area contributed by atoms with Crippen molar-refractivity contribution < 1.29 is 52.7 Å². The van der Waals surface area contributed by atoms with Crippen LogP contribution in [0.15, 0.2) is 0 Å². The Bertz CT molecular complexity index is 343. The Labute approximate surface area is 103 Å². The Hall–Kier alpha value is -0.840. The summed E-state index contributed by atoms with van der Waals surface area (Å²) >= 11 is 0. The van der Waals surface area contributed by atoms with E-state index in [9.17, 15) is 52.7 Å². The van der Waals surface area contributed by atoms with Crippen LogP contribution in [0.5, 0.6) is 0 Å². The highest BCUT2D eigenvalue weighted by Crippen LogP contribution is 2.59. The Kier molecular flexibility index (Phi) is 4.66. The molecule has 0 atom stereocenters. The fraction of sp³-hybridized carbons (Fsp3) is 0.750. The van der Waals surface area contributed by atoms with Gasteiger partial charge in [0.1, 0.15) is 0 Å². The lowest BCUT2D eigenvalue weighted by Gasteiger charge is -2.38. The SMILES string of the molecule is [CH2]CC(F)(F)C(F)(F)C(F)(F)C(F)(F)C(F)(F)[C](F)F. The van der Waals surface area contributed by atoms with Crippen LogP contribution in [-0.2, 0) is 0 Å². The van der Waals surface area contributed by atoms with Crippen LogP contribution in [0.2, 0.25) is 0 Å². The Balaban J connectivity index is 5.98. The number of rotatable bonds is 6. The first-order valence-electron chi connectivity index (χ1n) is 4.37. The van der Waals surface area contributed by atoms with Gasteiger partial charge in [-0.25, -0.2) is 0 Å². The average molecular weight is 328 g/mol. The third-order valence-electron chi connectivity index (χ3n) is 2.19. The summed E-state index contributed by atoms with van der Waals surface area (Å²) in [4.78, 5) is 0. The van der Waals surface area contributed by atoms with Gasteiger partial charge in [0.15, 0.2) is 0 Å². The van der Waals surface area contributed by atoms with Crippen molar-refractivity contribution in [1.29, 1.82) is 0 Å². The van der Waals surface area contributed by atoms with Gasteiger partial charge in [0.05, 0.1) is 0 Å². The molecule has 0 amide bonds. The van der Waals surface area contributed by atoms with Crippen LogP contribution in [0.3, 0.4) is 0 Å². The summed E-state index contributed by atoms with van der Waals surface area (Å²) in [5.74, 6) is -34.9. The van der Waals surface area contributed by atoms with Gasteiger partial charge in [0.2, 0.25) is 0 Å². The molecule has 0 saturated heterocycles. The third kappa shape index (κ3) is 2.30. The lowest BCUT2D eigenvalue weighted by molar-refractivity contribution is -0.403. The van der Waals surface area contributed by atoms with Gasteiger partial charge in [-0.1, -0.05) is 0 Å². The second kappa shape index (κ2) is 4.86. The Morgan fingerprint density at radius 2 is 1.00 bits per heavy atom. The van der Waals surface area contributed by atoms with Crippen molar-refractivity contribution in [3.8, 4) is 0 Å². The largest absolute Gasteiger partial charge is 0.385 e. The van der Waals surface area contributed by atoms with E-state index in [1.807, 2.05) is 0 Å². The van der Waals surface area contributed by atoms with E-state index in [1.54, 1.807) is 0 Å². The molecule has 0 rings (SSSR count). The molecule has 0 saturated carbocycles. The van der Waals surface area contributed by atoms with Crippen LogP contribution in [0.1, 0.15) is 6.42 Å². The normalized spacial score (nSPS) is 15.9. The maximum Gasteiger partial charge on any atom is 0.385 e. The maximum atomic E-state index is 12.7. The van der Waals surface area contributed by atoms with Gasteiger partial charge >= 0.3 is 36.0 Å². The zero-order valence-corrected chi connectivity index (χ0v) is 8.95. The van der Waals surface area contributed by atoms with E-state index in [-0.39, 0.29) is 0 Å². The van der Waals surface area contributed by atoms with Crippen LogP contribution < -0.4 is 0 Å². The van der Waals surface area contributed by atoms with Crippen molar-refractivity contribution in [3.63, 3.8) is 0 Å². The van der Waals surface area contributed by atoms with Gasteiger partial charge in [0, 0.05) is 6.42 Å². The first kappa shape index (κ1) is 19.2. The number of halogens is 12. The van der Waals surface area contributed by atoms with E-state index < -0.39 is 42.5 Å². The maximum absolute atomic E-state index is 12.7. The molecule has 0 unspecified atom stereocenters. The van der Waals surface area contributed by atoms with Gasteiger partial charge in [-0.15, -0.1) is 0 Å². The van der Waals surface area contributed by atoms with Gasteiger partial charge in [-0.2, -0.15) is 52.7 Å². The fourth-order valence-corrected chi connectivity index (χ4v) is 0.900. The topological polar surface area (TPSA) is 0 Å². The molecule has 0 fully saturated rings. The van der Waals surface area contributed by atoms with Gasteiger partial charge in [0.25, 0.3) is 0 Å². The summed E-state index contributed by atoms with van der Waals surface area (Å²) in [7, 11) is 0. The van der Waals surface area contributed by atoms with Crippen LogP contribution in [0.25, 0.3) is 0 Å². The van der Waals surface area contributed by atoms with Crippen molar-refractivity contribution in [1.82, 2.24) is 0 Å². The average Bonchev–Trinajstić information content (AvgIpc) is 2.27. The highest BCUT2D eigenvalue weighted by Gasteiger charge is 2.87. The molecule has 0 heterocycles. The van der Waals surface area contributed by atoms with E-state index in [0.717, 1.165) is 0 Å². The lowest BCUT2D eigenvalue weighted by Crippen LogP contribution is -2.67. The molecule has 0 aliphatic heterocycles. The van der Waals surface area contributed by atoms with Crippen molar-refractivity contribution in [2.75, 3.05) is 0 Å². The van der Waals surface area contributed by atoms with E-state index in [4.69, 9.17) is 0 Å². The summed E-state index contributed by atoms with van der Waals surface area (Å²) in [6.07, 6.45) is -6.99. The molecule has 0 aromatic rings. The van der Waals surface area contributed by atoms with E-state index in [1.165, 1.54) is 0 Å². The summed E-state index contributed by atoms with van der Waals surface area (Å²) < 4.78 is 148. The molecular formula is C8H4F12. The van der Waals surface area contributed by atoms with E-state index >= 15 is 0 Å². The van der Waals surface area contributed by atoms with Gasteiger partial charge < -0.3 is 0 Å². The van der Waals surface area contributed by atoms with Crippen LogP contribution in [-0.4, -0.2) is 29.6 Å². The predicted octanol–water partition coefficient (Wildman–Crippen LogP) is 4.82. The summed E-state index contributed by atoms with van der Waals surface area (Å²) in [6.45, 7) is 2.07. The minimum Gasteiger partial charge on any atom is -0.200 e. The van der Waals surface area contributed by atoms with Crippen LogP contribution in [0, 0.1) is 13.3 Å². The quantitative estimate of drug-likeness (QED) is 0.614. The molecular weight excluding hydrogens is 324 g/mol. The first-order valence-corrected chi connectivity index (χ1v) is 4.37. The molecule has 0 bridgehead atoms. The van der Waals surface area contributed by atoms with Gasteiger partial charge in [-0.05, 0) is 6.92 Å². The fourth-order valence-electron chi connectivity index (χ4n) is 0.900. The third-order valence-corrected chi connectivity index (χ3v) is 2.19. The molecule has 0 spiro atoms. The van der Waals surface area contributed by atoms with E-state index in [0.29, 0.717) is 0 Å². The molecule has 20 heavy (non-hydrogen) atoms. The number of alkyl halides is 10. The molecule has 0 aliphatic carbocycles. The van der Waals surface area contributed by atoms with Crippen molar-refractivity contribution in [2.45, 2.75) is 36.0 Å². The molecule has 120 valence electrons. The smallest absolute Gasteiger partial charge is 0.200 e. The molecule has 0 aromatic heterocycles. The minimum atomic E-state index is -7.46. The zero-order chi connectivity index (χ0) is 16.8. The Morgan fingerprint density at radius 1 is 0.650 bits per heavy atom. The first-order chi connectivity index (χ1) is 8.50. The zero-order valence-electron chi connectivity index (χ0n) is 8.95. The molecule has 0 N–H and O–H groups in total. The lowest BCUT2D eigenvalue weighted by atomic mass is 9.93. The number of hydrogen-bond acceptors (Lipinski definition) is 0. The molecule has 0 nitrogen and oxygen atoms in total. The highest BCUT2D eigenvalue weighted by atomic mass is 19.4. The second-order valence-electron chi connectivity index (χ2n) is 3.51. The highest BCUT2D eigenvalue weighted by molar-refractivity contribution is 5.11. The van der Waals surface area contributed by atoms with Crippen LogP contribution in [0.4, 0.5) is 52.7 Å². The molecule has 0 aliphatic rings. The number of hydrogen-bond donors (Lipinski definition) is 0. The van der Waals surface area contributed by atoms with Crippen molar-refractivity contribution >= 4 is 0 Å². The van der Waals surface area contributed by atoms with Gasteiger partial charge in [-0.3, -0.25) is 0 Å². The van der Waals surface area contributed by atoms with Crippen molar-refractivity contribution in [3.05, 3.63) is 13.3 Å². The van der Waals surface area contributed by atoms with E-state index in [2.05, 4.69) is 6.92 Å². The Morgan fingerprint density at radius 3 is 1.25 bits per heavy atom. The summed E-state index contributed by atoms with van der Waals surface area (Å²) in [6, 6.07) is 0. The second-order valence-corrected chi connectivity index (χ2v) is 3.51. The predicted molar refractivity (Wildman–Crippen MR) is 40.2 cm³/mol. The van der Waals surface area contributed by atoms with Crippen LogP contribution >= 0.6 is 0 Å². The molecule has 2 radical (unpaired) electrons. The summed E-state index contributed by atoms with van der Waals surface area (Å²) in [5, 5.41) is 0. The minimum absolute atomic E-state index is 2.07. The molecule has 0 aromatic carbocycles. The monoisotopic (exact) mass is 328 g/mol. The standard InChI is InChI=1S/C8H4F12/c1-2-4(11,12)6(15,16)8(19,20)7(17,18)5(13,14)3(9)10/h1-2H2.